The maximum Gasteiger partial charge on any atom is 0.254 e. The van der Waals surface area contributed by atoms with Gasteiger partial charge in [0.1, 0.15) is 12.1 Å². The van der Waals surface area contributed by atoms with E-state index in [4.69, 9.17) is 4.42 Å². The molecule has 3 rings (SSSR count). The molecule has 3 aromatic rings. The molecule has 0 saturated heterocycles. The van der Waals surface area contributed by atoms with Gasteiger partial charge in [-0.1, -0.05) is 18.2 Å². The zero-order valence-electron chi connectivity index (χ0n) is 10.9. The van der Waals surface area contributed by atoms with Crippen LogP contribution in [0.15, 0.2) is 52.5 Å². The third kappa shape index (κ3) is 3.00. The first-order chi connectivity index (χ1) is 10.2. The Morgan fingerprint density at radius 2 is 2.14 bits per heavy atom. The second-order valence-corrected chi connectivity index (χ2v) is 5.23. The second-order valence-electron chi connectivity index (χ2n) is 4.28. The molecular formula is C15H11FN2O2S. The normalized spacial score (nSPS) is 10.5. The molecule has 0 saturated carbocycles. The highest BCUT2D eigenvalue weighted by atomic mass is 32.1. The lowest BCUT2D eigenvalue weighted by atomic mass is 10.2. The Morgan fingerprint density at radius 3 is 2.90 bits per heavy atom. The van der Waals surface area contributed by atoms with Crippen molar-refractivity contribution >= 4 is 17.2 Å². The van der Waals surface area contributed by atoms with Gasteiger partial charge < -0.3 is 9.73 Å². The van der Waals surface area contributed by atoms with Crippen LogP contribution < -0.4 is 5.32 Å². The van der Waals surface area contributed by atoms with Gasteiger partial charge in [-0.2, -0.15) is 0 Å². The molecule has 1 aromatic carbocycles. The van der Waals surface area contributed by atoms with E-state index in [1.54, 1.807) is 6.07 Å². The van der Waals surface area contributed by atoms with Crippen LogP contribution in [0, 0.1) is 5.82 Å². The van der Waals surface area contributed by atoms with E-state index >= 15 is 0 Å². The van der Waals surface area contributed by atoms with Crippen molar-refractivity contribution in [2.45, 2.75) is 6.54 Å². The number of oxazole rings is 1. The number of carbonyl (C=O) groups is 1. The molecule has 2 heterocycles. The van der Waals surface area contributed by atoms with Gasteiger partial charge in [-0.15, -0.1) is 11.3 Å². The van der Waals surface area contributed by atoms with E-state index in [9.17, 15) is 9.18 Å². The molecule has 0 unspecified atom stereocenters. The average Bonchev–Trinajstić information content (AvgIpc) is 3.16. The van der Waals surface area contributed by atoms with Crippen LogP contribution in [-0.4, -0.2) is 10.9 Å². The van der Waals surface area contributed by atoms with Gasteiger partial charge in [0.15, 0.2) is 0 Å². The number of thiophene rings is 1. The second kappa shape index (κ2) is 5.88. The predicted molar refractivity (Wildman–Crippen MR) is 77.4 cm³/mol. The first-order valence-electron chi connectivity index (χ1n) is 6.25. The Morgan fingerprint density at radius 1 is 1.29 bits per heavy atom. The first kappa shape index (κ1) is 13.5. The molecule has 0 spiro atoms. The number of carbonyl (C=O) groups excluding carboxylic acids is 1. The van der Waals surface area contributed by atoms with Gasteiger partial charge in [0.2, 0.25) is 5.89 Å². The highest BCUT2D eigenvalue weighted by molar-refractivity contribution is 7.13. The maximum atomic E-state index is 13.5. The number of hydrogen-bond acceptors (Lipinski definition) is 4. The van der Waals surface area contributed by atoms with E-state index in [1.807, 2.05) is 17.5 Å². The zero-order chi connectivity index (χ0) is 14.7. The van der Waals surface area contributed by atoms with Crippen LogP contribution in [-0.2, 0) is 6.54 Å². The molecule has 106 valence electrons. The van der Waals surface area contributed by atoms with Crippen molar-refractivity contribution in [1.29, 1.82) is 0 Å². The van der Waals surface area contributed by atoms with Crippen LogP contribution in [0.25, 0.3) is 10.8 Å². The molecule has 4 nitrogen and oxygen atoms in total. The fourth-order valence-electron chi connectivity index (χ4n) is 1.81. The standard InChI is InChI=1S/C15H11FN2O2S/c16-12-5-2-1-4-11(12)14(19)17-8-10-9-20-15(18-10)13-6-3-7-21-13/h1-7,9H,8H2,(H,17,19). The third-order valence-electron chi connectivity index (χ3n) is 2.83. The molecular weight excluding hydrogens is 291 g/mol. The van der Waals surface area contributed by atoms with Gasteiger partial charge in [-0.3, -0.25) is 4.79 Å². The average molecular weight is 302 g/mol. The van der Waals surface area contributed by atoms with Crippen molar-refractivity contribution in [3.63, 3.8) is 0 Å². The molecule has 1 amide bonds. The Bertz CT molecular complexity index is 753. The summed E-state index contributed by atoms with van der Waals surface area (Å²) in [6, 6.07) is 9.65. The summed E-state index contributed by atoms with van der Waals surface area (Å²) in [5.41, 5.74) is 0.600. The van der Waals surface area contributed by atoms with Crippen molar-refractivity contribution < 1.29 is 13.6 Å². The van der Waals surface area contributed by atoms with Gasteiger partial charge in [-0.05, 0) is 23.6 Å². The van der Waals surface area contributed by atoms with E-state index in [2.05, 4.69) is 10.3 Å². The van der Waals surface area contributed by atoms with Crippen LogP contribution in [0.3, 0.4) is 0 Å². The van der Waals surface area contributed by atoms with Gasteiger partial charge in [0, 0.05) is 0 Å². The van der Waals surface area contributed by atoms with Crippen LogP contribution >= 0.6 is 11.3 Å². The minimum Gasteiger partial charge on any atom is -0.443 e. The van der Waals surface area contributed by atoms with Crippen LogP contribution in [0.2, 0.25) is 0 Å². The van der Waals surface area contributed by atoms with E-state index < -0.39 is 11.7 Å². The van der Waals surface area contributed by atoms with Crippen molar-refractivity contribution in [3.8, 4) is 10.8 Å². The molecule has 0 radical (unpaired) electrons. The summed E-state index contributed by atoms with van der Waals surface area (Å²) in [6.07, 6.45) is 1.48. The molecule has 1 N–H and O–H groups in total. The number of nitrogens with zero attached hydrogens (tertiary/aromatic N) is 1. The van der Waals surface area contributed by atoms with E-state index in [0.29, 0.717) is 11.6 Å². The summed E-state index contributed by atoms with van der Waals surface area (Å²) in [5.74, 6) is -0.511. The Kier molecular flexibility index (Phi) is 3.79. The summed E-state index contributed by atoms with van der Waals surface area (Å²) in [5, 5.41) is 4.55. The monoisotopic (exact) mass is 302 g/mol. The minimum absolute atomic E-state index is 0.0134. The smallest absolute Gasteiger partial charge is 0.254 e. The number of aromatic nitrogens is 1. The summed E-state index contributed by atoms with van der Waals surface area (Å²) < 4.78 is 18.8. The molecule has 6 heteroatoms. The van der Waals surface area contributed by atoms with Crippen molar-refractivity contribution in [2.24, 2.45) is 0 Å². The fourth-order valence-corrected chi connectivity index (χ4v) is 2.47. The van der Waals surface area contributed by atoms with Gasteiger partial charge in [-0.25, -0.2) is 9.37 Å². The van der Waals surface area contributed by atoms with Crippen molar-refractivity contribution in [1.82, 2.24) is 10.3 Å². The highest BCUT2D eigenvalue weighted by Gasteiger charge is 2.12. The zero-order valence-corrected chi connectivity index (χ0v) is 11.7. The van der Waals surface area contributed by atoms with Crippen molar-refractivity contribution in [2.75, 3.05) is 0 Å². The topological polar surface area (TPSA) is 55.1 Å². The molecule has 0 aliphatic heterocycles. The van der Waals surface area contributed by atoms with E-state index in [1.165, 1.54) is 35.8 Å². The number of rotatable bonds is 4. The van der Waals surface area contributed by atoms with Crippen LogP contribution in [0.5, 0.6) is 0 Å². The minimum atomic E-state index is -0.547. The van der Waals surface area contributed by atoms with Crippen molar-refractivity contribution in [3.05, 3.63) is 65.1 Å². The van der Waals surface area contributed by atoms with Crippen LogP contribution in [0.1, 0.15) is 16.1 Å². The van der Waals surface area contributed by atoms with Gasteiger partial charge >= 0.3 is 0 Å². The first-order valence-corrected chi connectivity index (χ1v) is 7.13. The number of halogens is 1. The molecule has 0 aliphatic carbocycles. The molecule has 21 heavy (non-hydrogen) atoms. The maximum absolute atomic E-state index is 13.5. The number of amides is 1. The summed E-state index contributed by atoms with van der Waals surface area (Å²) >= 11 is 1.52. The quantitative estimate of drug-likeness (QED) is 0.803. The SMILES string of the molecule is O=C(NCc1coc(-c2cccs2)n1)c1ccccc1F. The number of benzene rings is 1. The number of nitrogens with one attached hydrogen (secondary N) is 1. The summed E-state index contributed by atoms with van der Waals surface area (Å²) in [7, 11) is 0. The number of hydrogen-bond donors (Lipinski definition) is 1. The lowest BCUT2D eigenvalue weighted by Gasteiger charge is -2.03. The molecule has 0 bridgehead atoms. The Hall–Kier alpha value is -2.47. The van der Waals surface area contributed by atoms with Gasteiger partial charge in [0.25, 0.3) is 5.91 Å². The predicted octanol–water partition coefficient (Wildman–Crippen LogP) is 3.47. The lowest BCUT2D eigenvalue weighted by molar-refractivity contribution is 0.0946. The molecule has 0 atom stereocenters. The van der Waals surface area contributed by atoms with E-state index in [0.717, 1.165) is 4.88 Å². The van der Waals surface area contributed by atoms with Gasteiger partial charge in [0.05, 0.1) is 22.7 Å². The van der Waals surface area contributed by atoms with E-state index in [-0.39, 0.29) is 12.1 Å². The molecule has 2 aromatic heterocycles. The molecule has 0 aliphatic rings. The Labute approximate surface area is 124 Å². The molecule has 0 fully saturated rings. The fraction of sp³-hybridized carbons (Fsp3) is 0.0667. The third-order valence-corrected chi connectivity index (χ3v) is 3.69. The highest BCUT2D eigenvalue weighted by Crippen LogP contribution is 2.23. The summed E-state index contributed by atoms with van der Waals surface area (Å²) in [6.45, 7) is 0.183. The lowest BCUT2D eigenvalue weighted by Crippen LogP contribution is -2.23. The van der Waals surface area contributed by atoms with Crippen LogP contribution in [0.4, 0.5) is 4.39 Å². The Balaban J connectivity index is 1.66. The summed E-state index contributed by atoms with van der Waals surface area (Å²) in [4.78, 5) is 17.1. The largest absolute Gasteiger partial charge is 0.443 e.